The van der Waals surface area contributed by atoms with Gasteiger partial charge < -0.3 is 15.5 Å². The molecule has 2 aromatic heterocycles. The number of fused-ring (bicyclic) bond motifs is 1. The van der Waals surface area contributed by atoms with Crippen LogP contribution in [0.2, 0.25) is 0 Å². The van der Waals surface area contributed by atoms with Gasteiger partial charge in [0, 0.05) is 37.1 Å². The van der Waals surface area contributed by atoms with Gasteiger partial charge in [-0.25, -0.2) is 4.98 Å². The van der Waals surface area contributed by atoms with E-state index in [9.17, 15) is 4.79 Å². The highest BCUT2D eigenvalue weighted by molar-refractivity contribution is 8.00. The monoisotopic (exact) mass is 349 g/mol. The number of amides is 1. The molecule has 2 aromatic rings. The van der Waals surface area contributed by atoms with Crippen molar-refractivity contribution < 1.29 is 4.79 Å². The van der Waals surface area contributed by atoms with Crippen molar-refractivity contribution in [2.45, 2.75) is 24.6 Å². The van der Waals surface area contributed by atoms with Crippen molar-refractivity contribution >= 4 is 29.3 Å². The van der Waals surface area contributed by atoms with Gasteiger partial charge in [0.2, 0.25) is 5.91 Å². The van der Waals surface area contributed by atoms with E-state index in [1.54, 1.807) is 24.3 Å². The number of piperazine rings is 1. The second-order valence-corrected chi connectivity index (χ2v) is 7.86. The number of rotatable bonds is 4. The number of carbonyl (C=O) groups is 1. The van der Waals surface area contributed by atoms with Crippen LogP contribution in [0, 0.1) is 0 Å². The van der Waals surface area contributed by atoms with E-state index in [0.717, 1.165) is 18.9 Å². The molecule has 1 amide bonds. The first kappa shape index (κ1) is 17.0. The molecular formula is C15H23N7OS. The second kappa shape index (κ2) is 6.56. The molecule has 0 radical (unpaired) electrons. The number of anilines is 1. The predicted molar refractivity (Wildman–Crippen MR) is 95.1 cm³/mol. The Morgan fingerprint density at radius 1 is 1.33 bits per heavy atom. The van der Waals surface area contributed by atoms with Crippen molar-refractivity contribution in [2.75, 3.05) is 37.3 Å². The summed E-state index contributed by atoms with van der Waals surface area (Å²) < 4.78 is 1.59. The number of carbonyl (C=O) groups excluding carboxylic acids is 1. The number of hydrogen-bond donors (Lipinski definition) is 1. The number of hydrogen-bond acceptors (Lipinski definition) is 7. The standard InChI is InChI=1S/C15H23N7OS/c1-15(2,24-3)12(16)13(23)21-8-6-20(7-9-21)11-4-5-17-14-19-18-10-22(11)14/h4-5,10,12H,6-9,16H2,1-3H3/t12-/m1/s1. The lowest BCUT2D eigenvalue weighted by Crippen LogP contribution is -2.58. The van der Waals surface area contributed by atoms with Crippen molar-refractivity contribution in [3.63, 3.8) is 0 Å². The van der Waals surface area contributed by atoms with Crippen molar-refractivity contribution in [3.05, 3.63) is 18.6 Å². The van der Waals surface area contributed by atoms with Crippen LogP contribution in [0.15, 0.2) is 18.6 Å². The fraction of sp³-hybridized carbons (Fsp3) is 0.600. The van der Waals surface area contributed by atoms with E-state index in [1.165, 1.54) is 0 Å². The van der Waals surface area contributed by atoms with E-state index in [0.29, 0.717) is 18.9 Å². The highest BCUT2D eigenvalue weighted by Crippen LogP contribution is 2.26. The summed E-state index contributed by atoms with van der Waals surface area (Å²) in [5.41, 5.74) is 6.19. The third-order valence-electron chi connectivity index (χ3n) is 4.65. The van der Waals surface area contributed by atoms with E-state index in [4.69, 9.17) is 5.73 Å². The molecule has 130 valence electrons. The summed E-state index contributed by atoms with van der Waals surface area (Å²) in [5.74, 6) is 1.60. The van der Waals surface area contributed by atoms with Gasteiger partial charge in [-0.2, -0.15) is 11.8 Å². The van der Waals surface area contributed by atoms with Gasteiger partial charge in [-0.1, -0.05) is 0 Å². The summed E-state index contributed by atoms with van der Waals surface area (Å²) in [4.78, 5) is 20.9. The minimum Gasteiger partial charge on any atom is -0.354 e. The van der Waals surface area contributed by atoms with Crippen LogP contribution in [0.5, 0.6) is 0 Å². The number of nitrogens with two attached hydrogens (primary N) is 1. The zero-order chi connectivity index (χ0) is 17.3. The Hall–Kier alpha value is -1.87. The minimum atomic E-state index is -0.496. The largest absolute Gasteiger partial charge is 0.354 e. The molecule has 8 nitrogen and oxygen atoms in total. The molecule has 1 saturated heterocycles. The Balaban J connectivity index is 1.68. The van der Waals surface area contributed by atoms with Gasteiger partial charge in [-0.3, -0.25) is 9.20 Å². The first-order valence-corrected chi connectivity index (χ1v) is 9.16. The van der Waals surface area contributed by atoms with Gasteiger partial charge in [0.15, 0.2) is 0 Å². The topological polar surface area (TPSA) is 92.7 Å². The van der Waals surface area contributed by atoms with E-state index in [-0.39, 0.29) is 10.7 Å². The molecule has 0 saturated carbocycles. The molecule has 0 aliphatic carbocycles. The smallest absolute Gasteiger partial charge is 0.256 e. The molecule has 24 heavy (non-hydrogen) atoms. The van der Waals surface area contributed by atoms with Gasteiger partial charge in [0.25, 0.3) is 5.78 Å². The lowest BCUT2D eigenvalue weighted by atomic mass is 10.0. The molecule has 1 aliphatic rings. The normalized spacial score (nSPS) is 17.3. The minimum absolute atomic E-state index is 0.0261. The van der Waals surface area contributed by atoms with Crippen LogP contribution in [-0.4, -0.2) is 73.6 Å². The third kappa shape index (κ3) is 3.05. The molecule has 0 bridgehead atoms. The van der Waals surface area contributed by atoms with Gasteiger partial charge in [0.05, 0.1) is 6.04 Å². The molecule has 3 rings (SSSR count). The molecule has 2 N–H and O–H groups in total. The average Bonchev–Trinajstić information content (AvgIpc) is 3.09. The Labute approximate surface area is 145 Å². The molecule has 9 heteroatoms. The highest BCUT2D eigenvalue weighted by atomic mass is 32.2. The van der Waals surface area contributed by atoms with Gasteiger partial charge >= 0.3 is 0 Å². The van der Waals surface area contributed by atoms with Gasteiger partial charge in [-0.15, -0.1) is 10.2 Å². The highest BCUT2D eigenvalue weighted by Gasteiger charge is 2.35. The van der Waals surface area contributed by atoms with E-state index in [2.05, 4.69) is 20.1 Å². The average molecular weight is 349 g/mol. The maximum Gasteiger partial charge on any atom is 0.256 e. The maximum absolute atomic E-state index is 12.7. The summed E-state index contributed by atoms with van der Waals surface area (Å²) in [7, 11) is 0. The zero-order valence-electron chi connectivity index (χ0n) is 14.2. The Morgan fingerprint density at radius 3 is 2.71 bits per heavy atom. The van der Waals surface area contributed by atoms with Crippen LogP contribution < -0.4 is 10.6 Å². The SMILES string of the molecule is CSC(C)(C)[C@H](N)C(=O)N1CCN(c2ccnc3nncn23)CC1. The third-order valence-corrected chi connectivity index (χ3v) is 5.95. The van der Waals surface area contributed by atoms with Crippen LogP contribution in [0.1, 0.15) is 13.8 Å². The van der Waals surface area contributed by atoms with Gasteiger partial charge in [-0.05, 0) is 26.2 Å². The fourth-order valence-electron chi connectivity index (χ4n) is 2.76. The first-order chi connectivity index (χ1) is 11.4. The quantitative estimate of drug-likeness (QED) is 0.845. The molecule has 1 fully saturated rings. The Morgan fingerprint density at radius 2 is 2.04 bits per heavy atom. The molecule has 0 aromatic carbocycles. The summed E-state index contributed by atoms with van der Waals surface area (Å²) >= 11 is 1.62. The van der Waals surface area contributed by atoms with Crippen LogP contribution >= 0.6 is 11.8 Å². The molecule has 1 atom stereocenters. The van der Waals surface area contributed by atoms with Crippen molar-refractivity contribution in [1.82, 2.24) is 24.5 Å². The van der Waals surface area contributed by atoms with Gasteiger partial charge in [0.1, 0.15) is 12.1 Å². The number of nitrogens with zero attached hydrogens (tertiary/aromatic N) is 6. The van der Waals surface area contributed by atoms with Crippen LogP contribution in [0.4, 0.5) is 5.82 Å². The Bertz CT molecular complexity index is 723. The van der Waals surface area contributed by atoms with Crippen LogP contribution in [0.25, 0.3) is 5.78 Å². The van der Waals surface area contributed by atoms with E-state index < -0.39 is 6.04 Å². The van der Waals surface area contributed by atoms with Crippen molar-refractivity contribution in [2.24, 2.45) is 5.73 Å². The van der Waals surface area contributed by atoms with Crippen LogP contribution in [-0.2, 0) is 4.79 Å². The molecule has 3 heterocycles. The molecule has 0 spiro atoms. The summed E-state index contributed by atoms with van der Waals surface area (Å²) in [6, 6.07) is 1.45. The lowest BCUT2D eigenvalue weighted by Gasteiger charge is -2.39. The number of aromatic nitrogens is 4. The summed E-state index contributed by atoms with van der Waals surface area (Å²) in [6.45, 7) is 6.82. The van der Waals surface area contributed by atoms with Crippen LogP contribution in [0.3, 0.4) is 0 Å². The number of thioether (sulfide) groups is 1. The lowest BCUT2D eigenvalue weighted by molar-refractivity contribution is -0.133. The first-order valence-electron chi connectivity index (χ1n) is 7.93. The zero-order valence-corrected chi connectivity index (χ0v) is 15.0. The molecule has 1 aliphatic heterocycles. The van der Waals surface area contributed by atoms with E-state index in [1.807, 2.05) is 35.5 Å². The summed E-state index contributed by atoms with van der Waals surface area (Å²) in [6.07, 6.45) is 5.37. The Kier molecular flexibility index (Phi) is 4.64. The van der Waals surface area contributed by atoms with Crippen molar-refractivity contribution in [3.8, 4) is 0 Å². The molecular weight excluding hydrogens is 326 g/mol. The maximum atomic E-state index is 12.7. The fourth-order valence-corrected chi connectivity index (χ4v) is 3.12. The predicted octanol–water partition coefficient (Wildman–Crippen LogP) is 0.242. The van der Waals surface area contributed by atoms with Crippen molar-refractivity contribution in [1.29, 1.82) is 0 Å². The summed E-state index contributed by atoms with van der Waals surface area (Å²) in [5, 5.41) is 7.87. The van der Waals surface area contributed by atoms with E-state index >= 15 is 0 Å². The molecule has 0 unspecified atom stereocenters. The second-order valence-electron chi connectivity index (χ2n) is 6.40.